The maximum Gasteiger partial charge on any atom is 0.330 e. The SMILES string of the molecule is C[Si](C)(C)C#Cc1cn([C@H]2C[C@@H](O)C(CO)O2)c(=O)[nH]c1=O. The van der Waals surface area contributed by atoms with Gasteiger partial charge in [-0.15, -0.1) is 5.54 Å². The number of nitrogens with zero attached hydrogens (tertiary/aromatic N) is 1. The van der Waals surface area contributed by atoms with Gasteiger partial charge < -0.3 is 14.9 Å². The zero-order valence-electron chi connectivity index (χ0n) is 12.8. The average Bonchev–Trinajstić information content (AvgIpc) is 2.77. The lowest BCUT2D eigenvalue weighted by atomic mass is 10.2. The van der Waals surface area contributed by atoms with Gasteiger partial charge in [0.25, 0.3) is 5.56 Å². The molecule has 2 heterocycles. The molecule has 22 heavy (non-hydrogen) atoms. The van der Waals surface area contributed by atoms with Crippen molar-refractivity contribution in [2.75, 3.05) is 6.61 Å². The summed E-state index contributed by atoms with van der Waals surface area (Å²) in [5.41, 5.74) is 2.09. The smallest absolute Gasteiger partial charge is 0.330 e. The van der Waals surface area contributed by atoms with Crippen molar-refractivity contribution in [3.63, 3.8) is 0 Å². The molecular formula is C14H20N2O5Si. The number of nitrogens with one attached hydrogen (secondary N) is 1. The van der Waals surface area contributed by atoms with E-state index >= 15 is 0 Å². The molecule has 3 atom stereocenters. The minimum absolute atomic E-state index is 0.165. The predicted octanol–water partition coefficient (Wildman–Crippen LogP) is -0.594. The number of H-pyrrole nitrogens is 1. The predicted molar refractivity (Wildman–Crippen MR) is 83.2 cm³/mol. The molecule has 1 aromatic heterocycles. The Morgan fingerprint density at radius 2 is 2.14 bits per heavy atom. The van der Waals surface area contributed by atoms with Crippen LogP contribution in [0.5, 0.6) is 0 Å². The van der Waals surface area contributed by atoms with Crippen LogP contribution in [0.1, 0.15) is 18.2 Å². The summed E-state index contributed by atoms with van der Waals surface area (Å²) in [5.74, 6) is 2.82. The molecule has 7 nitrogen and oxygen atoms in total. The largest absolute Gasteiger partial charge is 0.394 e. The number of aliphatic hydroxyl groups is 2. The lowest BCUT2D eigenvalue weighted by molar-refractivity contribution is -0.0459. The fourth-order valence-electron chi connectivity index (χ4n) is 2.09. The third-order valence-corrected chi connectivity index (χ3v) is 4.11. The molecule has 1 aliphatic heterocycles. The third kappa shape index (κ3) is 3.75. The van der Waals surface area contributed by atoms with Crippen LogP contribution in [0.25, 0.3) is 0 Å². The van der Waals surface area contributed by atoms with Crippen LogP contribution >= 0.6 is 0 Å². The Morgan fingerprint density at radius 3 is 2.68 bits per heavy atom. The molecule has 1 aliphatic rings. The molecule has 1 unspecified atom stereocenters. The highest BCUT2D eigenvalue weighted by Gasteiger charge is 2.35. The van der Waals surface area contributed by atoms with Gasteiger partial charge in [0.15, 0.2) is 0 Å². The van der Waals surface area contributed by atoms with Gasteiger partial charge in [-0.2, -0.15) is 0 Å². The molecule has 0 bridgehead atoms. The standard InChI is InChI=1S/C14H20N2O5Si/c1-22(2,3)5-4-9-7-16(14(20)15-13(9)19)12-6-10(18)11(8-17)21-12/h7,10-12,17-18H,6,8H2,1-3H3,(H,15,19,20)/t10-,11?,12-/m1/s1. The summed E-state index contributed by atoms with van der Waals surface area (Å²) in [6.45, 7) is 5.81. The molecule has 120 valence electrons. The van der Waals surface area contributed by atoms with Gasteiger partial charge in [0.1, 0.15) is 26.0 Å². The van der Waals surface area contributed by atoms with Crippen molar-refractivity contribution < 1.29 is 14.9 Å². The highest BCUT2D eigenvalue weighted by atomic mass is 28.3. The molecule has 8 heteroatoms. The van der Waals surface area contributed by atoms with E-state index in [1.54, 1.807) is 0 Å². The molecule has 2 rings (SSSR count). The first kappa shape index (κ1) is 16.7. The number of aliphatic hydroxyl groups excluding tert-OH is 2. The Bertz CT molecular complexity index is 722. The molecule has 1 saturated heterocycles. The summed E-state index contributed by atoms with van der Waals surface area (Å²) in [6, 6.07) is 0. The van der Waals surface area contributed by atoms with E-state index in [1.807, 2.05) is 19.6 Å². The lowest BCUT2D eigenvalue weighted by Crippen LogP contribution is -2.34. The van der Waals surface area contributed by atoms with E-state index in [-0.39, 0.29) is 18.6 Å². The maximum atomic E-state index is 11.9. The van der Waals surface area contributed by atoms with Crippen molar-refractivity contribution in [2.24, 2.45) is 0 Å². The minimum atomic E-state index is -1.66. The van der Waals surface area contributed by atoms with Crippen molar-refractivity contribution in [2.45, 2.75) is 44.5 Å². The van der Waals surface area contributed by atoms with Crippen LogP contribution in [0, 0.1) is 11.5 Å². The van der Waals surface area contributed by atoms with E-state index in [0.717, 1.165) is 0 Å². The monoisotopic (exact) mass is 324 g/mol. The average molecular weight is 324 g/mol. The van der Waals surface area contributed by atoms with Crippen LogP contribution in [0.4, 0.5) is 0 Å². The normalized spacial score (nSPS) is 24.9. The van der Waals surface area contributed by atoms with Crippen LogP contribution in [0.3, 0.4) is 0 Å². The summed E-state index contributed by atoms with van der Waals surface area (Å²) in [6.07, 6.45) is -0.807. The van der Waals surface area contributed by atoms with E-state index in [9.17, 15) is 14.7 Å². The molecular weight excluding hydrogens is 304 g/mol. The molecule has 0 aliphatic carbocycles. The quantitative estimate of drug-likeness (QED) is 0.498. The number of aromatic nitrogens is 2. The topological polar surface area (TPSA) is 105 Å². The van der Waals surface area contributed by atoms with Crippen LogP contribution in [0.2, 0.25) is 19.6 Å². The Kier molecular flexibility index (Phi) is 4.72. The van der Waals surface area contributed by atoms with Crippen molar-refractivity contribution >= 4 is 8.07 Å². The Labute approximate surface area is 128 Å². The highest BCUT2D eigenvalue weighted by molar-refractivity contribution is 6.83. The Hall–Kier alpha value is -1.66. The van der Waals surface area contributed by atoms with Gasteiger partial charge >= 0.3 is 5.69 Å². The number of rotatable bonds is 2. The van der Waals surface area contributed by atoms with E-state index in [4.69, 9.17) is 9.84 Å². The first-order valence-electron chi connectivity index (χ1n) is 7.04. The fourth-order valence-corrected chi connectivity index (χ4v) is 2.60. The van der Waals surface area contributed by atoms with Crippen LogP contribution in [-0.4, -0.2) is 46.7 Å². The van der Waals surface area contributed by atoms with Gasteiger partial charge in [-0.25, -0.2) is 4.79 Å². The van der Waals surface area contributed by atoms with Crippen molar-refractivity contribution in [1.82, 2.24) is 9.55 Å². The van der Waals surface area contributed by atoms with Crippen LogP contribution in [-0.2, 0) is 4.74 Å². The summed E-state index contributed by atoms with van der Waals surface area (Å²) in [4.78, 5) is 26.0. The van der Waals surface area contributed by atoms with E-state index in [2.05, 4.69) is 16.4 Å². The second-order valence-electron chi connectivity index (χ2n) is 6.32. The summed E-state index contributed by atoms with van der Waals surface area (Å²) in [7, 11) is -1.66. The van der Waals surface area contributed by atoms with Gasteiger partial charge in [-0.05, 0) is 0 Å². The second kappa shape index (κ2) is 6.22. The number of ether oxygens (including phenoxy) is 1. The van der Waals surface area contributed by atoms with Crippen LogP contribution in [0.15, 0.2) is 15.8 Å². The van der Waals surface area contributed by atoms with Gasteiger partial charge in [-0.1, -0.05) is 25.6 Å². The first-order chi connectivity index (χ1) is 10.2. The van der Waals surface area contributed by atoms with Crippen LogP contribution < -0.4 is 11.2 Å². The summed E-state index contributed by atoms with van der Waals surface area (Å²) < 4.78 is 6.63. The molecule has 0 saturated carbocycles. The number of aromatic amines is 1. The van der Waals surface area contributed by atoms with E-state index in [0.29, 0.717) is 0 Å². The lowest BCUT2D eigenvalue weighted by Gasteiger charge is -2.14. The zero-order chi connectivity index (χ0) is 16.5. The van der Waals surface area contributed by atoms with Gasteiger partial charge in [0, 0.05) is 12.6 Å². The minimum Gasteiger partial charge on any atom is -0.394 e. The Balaban J connectivity index is 2.39. The highest BCUT2D eigenvalue weighted by Crippen LogP contribution is 2.27. The fraction of sp³-hybridized carbons (Fsp3) is 0.571. The zero-order valence-corrected chi connectivity index (χ0v) is 13.8. The first-order valence-corrected chi connectivity index (χ1v) is 10.5. The van der Waals surface area contributed by atoms with Crippen molar-refractivity contribution in [1.29, 1.82) is 0 Å². The third-order valence-electron chi connectivity index (χ3n) is 3.23. The second-order valence-corrected chi connectivity index (χ2v) is 11.1. The molecule has 0 radical (unpaired) electrons. The number of hydrogen-bond donors (Lipinski definition) is 3. The van der Waals surface area contributed by atoms with E-state index < -0.39 is 37.8 Å². The van der Waals surface area contributed by atoms with Crippen molar-refractivity contribution in [3.8, 4) is 11.5 Å². The molecule has 1 fully saturated rings. The molecule has 0 aromatic carbocycles. The molecule has 3 N–H and O–H groups in total. The van der Waals surface area contributed by atoms with E-state index in [1.165, 1.54) is 10.8 Å². The molecule has 0 spiro atoms. The summed E-state index contributed by atoms with van der Waals surface area (Å²) >= 11 is 0. The summed E-state index contributed by atoms with van der Waals surface area (Å²) in [5, 5.41) is 18.8. The molecule has 0 amide bonds. The van der Waals surface area contributed by atoms with Crippen molar-refractivity contribution in [3.05, 3.63) is 32.6 Å². The molecule has 1 aromatic rings. The Morgan fingerprint density at radius 1 is 1.45 bits per heavy atom. The van der Waals surface area contributed by atoms with Gasteiger partial charge in [0.2, 0.25) is 0 Å². The number of hydrogen-bond acceptors (Lipinski definition) is 5. The van der Waals surface area contributed by atoms with Gasteiger partial charge in [-0.3, -0.25) is 14.3 Å². The van der Waals surface area contributed by atoms with Gasteiger partial charge in [0.05, 0.1) is 12.7 Å². The maximum absolute atomic E-state index is 11.9.